The molecule has 3 rings (SSSR count). The van der Waals surface area contributed by atoms with Crippen molar-refractivity contribution in [1.29, 1.82) is 0 Å². The second-order valence-corrected chi connectivity index (χ2v) is 5.57. The predicted octanol–water partition coefficient (Wildman–Crippen LogP) is 4.00. The van der Waals surface area contributed by atoms with Crippen molar-refractivity contribution >= 4 is 21.7 Å². The van der Waals surface area contributed by atoms with E-state index in [1.807, 2.05) is 50.4 Å². The average molecular weight is 332 g/mol. The van der Waals surface area contributed by atoms with Crippen molar-refractivity contribution in [3.05, 3.63) is 46.6 Å². The Morgan fingerprint density at radius 2 is 1.85 bits per heavy atom. The van der Waals surface area contributed by atoms with Crippen molar-refractivity contribution in [2.45, 2.75) is 6.92 Å². The molecule has 2 heterocycles. The van der Waals surface area contributed by atoms with Gasteiger partial charge in [0.05, 0.1) is 5.56 Å². The van der Waals surface area contributed by atoms with Crippen molar-refractivity contribution in [2.75, 3.05) is 5.73 Å². The second kappa shape index (κ2) is 4.83. The first-order chi connectivity index (χ1) is 9.56. The Labute approximate surface area is 125 Å². The topological polar surface area (TPSA) is 57.0 Å². The maximum absolute atomic E-state index is 6.16. The first-order valence-corrected chi connectivity index (χ1v) is 7.01. The summed E-state index contributed by atoms with van der Waals surface area (Å²) in [5.74, 6) is 2.20. The molecule has 0 atom stereocenters. The van der Waals surface area contributed by atoms with E-state index in [9.17, 15) is 0 Å². The summed E-state index contributed by atoms with van der Waals surface area (Å²) < 4.78 is 8.38. The molecule has 2 N–H and O–H groups in total. The lowest BCUT2D eigenvalue weighted by molar-refractivity contribution is 0.545. The van der Waals surface area contributed by atoms with Crippen LogP contribution in [-0.2, 0) is 7.05 Å². The molecule has 102 valence electrons. The van der Waals surface area contributed by atoms with Crippen LogP contribution in [0.2, 0.25) is 0 Å². The Morgan fingerprint density at radius 3 is 2.45 bits per heavy atom. The highest BCUT2D eigenvalue weighted by atomic mass is 79.9. The third kappa shape index (κ3) is 2.14. The van der Waals surface area contributed by atoms with Gasteiger partial charge in [0.25, 0.3) is 0 Å². The van der Waals surface area contributed by atoms with Crippen molar-refractivity contribution < 1.29 is 4.42 Å². The van der Waals surface area contributed by atoms with Crippen LogP contribution >= 0.6 is 15.9 Å². The van der Waals surface area contributed by atoms with Crippen LogP contribution in [0.5, 0.6) is 0 Å². The molecule has 5 heteroatoms. The third-order valence-corrected chi connectivity index (χ3v) is 3.73. The van der Waals surface area contributed by atoms with E-state index in [-0.39, 0.29) is 0 Å². The molecule has 0 fully saturated rings. The maximum Gasteiger partial charge on any atom is 0.155 e. The Hall–Kier alpha value is -2.01. The lowest BCUT2D eigenvalue weighted by Gasteiger charge is -2.03. The molecule has 4 nitrogen and oxygen atoms in total. The van der Waals surface area contributed by atoms with Gasteiger partial charge in [0.2, 0.25) is 0 Å². The lowest BCUT2D eigenvalue weighted by Crippen LogP contribution is -1.97. The van der Waals surface area contributed by atoms with Gasteiger partial charge < -0.3 is 10.2 Å². The highest BCUT2D eigenvalue weighted by Gasteiger charge is 2.19. The zero-order valence-electron chi connectivity index (χ0n) is 11.2. The van der Waals surface area contributed by atoms with Crippen molar-refractivity contribution in [1.82, 2.24) is 9.78 Å². The molecule has 0 aliphatic carbocycles. The first-order valence-electron chi connectivity index (χ1n) is 6.21. The summed E-state index contributed by atoms with van der Waals surface area (Å²) in [5.41, 5.74) is 8.84. The zero-order chi connectivity index (χ0) is 14.3. The van der Waals surface area contributed by atoms with E-state index in [1.165, 1.54) is 0 Å². The molecule has 0 saturated carbocycles. The third-order valence-electron chi connectivity index (χ3n) is 3.20. The van der Waals surface area contributed by atoms with Crippen LogP contribution in [0.15, 0.2) is 45.3 Å². The Morgan fingerprint density at radius 1 is 1.15 bits per heavy atom. The van der Waals surface area contributed by atoms with Gasteiger partial charge in [-0.05, 0) is 36.8 Å². The second-order valence-electron chi connectivity index (χ2n) is 4.65. The molecule has 0 amide bonds. The number of anilines is 1. The quantitative estimate of drug-likeness (QED) is 0.772. The molecule has 20 heavy (non-hydrogen) atoms. The number of benzene rings is 1. The highest BCUT2D eigenvalue weighted by molar-refractivity contribution is 9.10. The molecule has 0 unspecified atom stereocenters. The van der Waals surface area contributed by atoms with E-state index in [1.54, 1.807) is 4.68 Å². The maximum atomic E-state index is 6.16. The van der Waals surface area contributed by atoms with E-state index >= 15 is 0 Å². The van der Waals surface area contributed by atoms with Crippen LogP contribution in [0.25, 0.3) is 22.6 Å². The van der Waals surface area contributed by atoms with Crippen LogP contribution in [0.1, 0.15) is 5.76 Å². The number of nitrogens with zero attached hydrogens (tertiary/aromatic N) is 2. The molecule has 0 radical (unpaired) electrons. The highest BCUT2D eigenvalue weighted by Crippen LogP contribution is 2.36. The summed E-state index contributed by atoms with van der Waals surface area (Å²) in [6, 6.07) is 11.8. The normalized spacial score (nSPS) is 10.9. The molecular weight excluding hydrogens is 318 g/mol. The minimum absolute atomic E-state index is 0.622. The summed E-state index contributed by atoms with van der Waals surface area (Å²) in [5, 5.41) is 4.48. The van der Waals surface area contributed by atoms with Crippen molar-refractivity contribution in [3.63, 3.8) is 0 Å². The van der Waals surface area contributed by atoms with Gasteiger partial charge in [-0.3, -0.25) is 4.68 Å². The molecule has 0 spiro atoms. The fraction of sp³-hybridized carbons (Fsp3) is 0.133. The van der Waals surface area contributed by atoms with Crippen LogP contribution in [0, 0.1) is 6.92 Å². The smallest absolute Gasteiger partial charge is 0.155 e. The van der Waals surface area contributed by atoms with Crippen LogP contribution in [-0.4, -0.2) is 9.78 Å². The van der Waals surface area contributed by atoms with Gasteiger partial charge >= 0.3 is 0 Å². The van der Waals surface area contributed by atoms with Gasteiger partial charge in [-0.25, -0.2) is 0 Å². The fourth-order valence-corrected chi connectivity index (χ4v) is 2.44. The number of rotatable bonds is 2. The van der Waals surface area contributed by atoms with E-state index in [2.05, 4.69) is 21.0 Å². The number of hydrogen-bond donors (Lipinski definition) is 1. The number of aromatic nitrogens is 2. The monoisotopic (exact) mass is 331 g/mol. The first kappa shape index (κ1) is 13.0. The van der Waals surface area contributed by atoms with E-state index in [0.29, 0.717) is 5.82 Å². The van der Waals surface area contributed by atoms with Crippen LogP contribution in [0.3, 0.4) is 0 Å². The zero-order valence-corrected chi connectivity index (χ0v) is 12.8. The lowest BCUT2D eigenvalue weighted by atomic mass is 10.0. The van der Waals surface area contributed by atoms with E-state index in [4.69, 9.17) is 10.2 Å². The molecular formula is C15H14BrN3O. The van der Waals surface area contributed by atoms with Crippen molar-refractivity contribution in [3.8, 4) is 22.6 Å². The number of nitrogen functional groups attached to an aromatic ring is 1. The number of aryl methyl sites for hydroxylation is 2. The SMILES string of the molecule is Cc1ccc(-c2nn(C)c(N)c2-c2ccc(Br)cc2)o1. The van der Waals surface area contributed by atoms with Crippen LogP contribution < -0.4 is 5.73 Å². The minimum Gasteiger partial charge on any atom is -0.460 e. The van der Waals surface area contributed by atoms with Gasteiger partial charge in [0.15, 0.2) is 5.76 Å². The Bertz CT molecular complexity index is 756. The fourth-order valence-electron chi connectivity index (χ4n) is 2.17. The summed E-state index contributed by atoms with van der Waals surface area (Å²) in [7, 11) is 1.83. The molecule has 0 aliphatic rings. The number of halogens is 1. The Kier molecular flexibility index (Phi) is 3.14. The number of hydrogen-bond acceptors (Lipinski definition) is 3. The van der Waals surface area contributed by atoms with Crippen molar-refractivity contribution in [2.24, 2.45) is 7.05 Å². The standard InChI is InChI=1S/C15H14BrN3O/c1-9-3-8-12(20-9)14-13(15(17)19(2)18-14)10-4-6-11(16)7-5-10/h3-8H,17H2,1-2H3. The number of furan rings is 1. The summed E-state index contributed by atoms with van der Waals surface area (Å²) in [4.78, 5) is 0. The summed E-state index contributed by atoms with van der Waals surface area (Å²) in [6.45, 7) is 1.91. The predicted molar refractivity (Wildman–Crippen MR) is 83.2 cm³/mol. The molecule has 0 saturated heterocycles. The van der Waals surface area contributed by atoms with Gasteiger partial charge in [-0.2, -0.15) is 5.10 Å². The Balaban J connectivity index is 2.21. The summed E-state index contributed by atoms with van der Waals surface area (Å²) >= 11 is 3.44. The average Bonchev–Trinajstić information content (AvgIpc) is 2.97. The molecule has 0 aliphatic heterocycles. The van der Waals surface area contributed by atoms with Gasteiger partial charge in [0, 0.05) is 11.5 Å². The number of nitrogens with two attached hydrogens (primary N) is 1. The molecule has 3 aromatic rings. The summed E-state index contributed by atoms with van der Waals surface area (Å²) in [6.07, 6.45) is 0. The van der Waals surface area contributed by atoms with Gasteiger partial charge in [-0.1, -0.05) is 28.1 Å². The van der Waals surface area contributed by atoms with Gasteiger partial charge in [-0.15, -0.1) is 0 Å². The largest absolute Gasteiger partial charge is 0.460 e. The van der Waals surface area contributed by atoms with E-state index < -0.39 is 0 Å². The molecule has 0 bridgehead atoms. The molecule has 1 aromatic carbocycles. The minimum atomic E-state index is 0.622. The van der Waals surface area contributed by atoms with E-state index in [0.717, 1.165) is 32.8 Å². The van der Waals surface area contributed by atoms with Crippen LogP contribution in [0.4, 0.5) is 5.82 Å². The molecule has 2 aromatic heterocycles. The van der Waals surface area contributed by atoms with Gasteiger partial charge in [0.1, 0.15) is 17.3 Å².